The number of hydrogen-bond acceptors (Lipinski definition) is 4. The predicted molar refractivity (Wildman–Crippen MR) is 53.9 cm³/mol. The van der Waals surface area contributed by atoms with Crippen molar-refractivity contribution in [2.24, 2.45) is 0 Å². The number of amides is 1. The van der Waals surface area contributed by atoms with E-state index in [1.807, 2.05) is 13.8 Å². The summed E-state index contributed by atoms with van der Waals surface area (Å²) < 4.78 is 0. The average Bonchev–Trinajstić information content (AvgIpc) is 2.14. The van der Waals surface area contributed by atoms with E-state index in [9.17, 15) is 4.79 Å². The lowest BCUT2D eigenvalue weighted by molar-refractivity contribution is -0.123. The molecular weight excluding hydrogens is 184 g/mol. The number of rotatable bonds is 6. The lowest BCUT2D eigenvalue weighted by atomic mass is 10.1. The number of nitrogens with one attached hydrogen (secondary N) is 2. The molecule has 0 fully saturated rings. The molecule has 0 aliphatic rings. The first-order valence-electron chi connectivity index (χ1n) is 4.69. The van der Waals surface area contributed by atoms with Gasteiger partial charge in [-0.05, 0) is 6.92 Å². The van der Waals surface area contributed by atoms with Crippen LogP contribution < -0.4 is 10.6 Å². The fourth-order valence-corrected chi connectivity index (χ4v) is 0.807. The molecule has 0 bridgehead atoms. The lowest BCUT2D eigenvalue weighted by Crippen LogP contribution is -2.54. The van der Waals surface area contributed by atoms with E-state index in [-0.39, 0.29) is 31.7 Å². The van der Waals surface area contributed by atoms with Crippen LogP contribution >= 0.6 is 0 Å². The van der Waals surface area contributed by atoms with Crippen LogP contribution in [0.3, 0.4) is 0 Å². The first-order valence-corrected chi connectivity index (χ1v) is 4.69. The molecule has 0 heterocycles. The number of carbonyl (C=O) groups is 1. The molecule has 5 nitrogen and oxygen atoms in total. The second-order valence-electron chi connectivity index (χ2n) is 3.96. The molecule has 0 atom stereocenters. The SMILES string of the molecule is CC(C)NCC(=O)NC(C)(CO)CO. The normalized spacial score (nSPS) is 11.9. The molecule has 0 spiro atoms. The maximum absolute atomic E-state index is 11.3. The van der Waals surface area contributed by atoms with Gasteiger partial charge in [-0.1, -0.05) is 13.8 Å². The van der Waals surface area contributed by atoms with Crippen LogP contribution in [0.2, 0.25) is 0 Å². The van der Waals surface area contributed by atoms with E-state index in [1.54, 1.807) is 6.92 Å². The molecule has 0 aromatic carbocycles. The first-order chi connectivity index (χ1) is 6.43. The standard InChI is InChI=1S/C9H20N2O3/c1-7(2)10-4-8(14)11-9(3,5-12)6-13/h7,10,12-13H,4-6H2,1-3H3,(H,11,14). The fraction of sp³-hybridized carbons (Fsp3) is 0.889. The molecular formula is C9H20N2O3. The van der Waals surface area contributed by atoms with Crippen molar-refractivity contribution >= 4 is 5.91 Å². The van der Waals surface area contributed by atoms with E-state index in [0.717, 1.165) is 0 Å². The molecule has 0 saturated carbocycles. The molecule has 5 heteroatoms. The molecule has 14 heavy (non-hydrogen) atoms. The highest BCUT2D eigenvalue weighted by Crippen LogP contribution is 1.99. The molecule has 0 radical (unpaired) electrons. The zero-order valence-electron chi connectivity index (χ0n) is 9.00. The van der Waals surface area contributed by atoms with E-state index in [1.165, 1.54) is 0 Å². The highest BCUT2D eigenvalue weighted by Gasteiger charge is 2.24. The van der Waals surface area contributed by atoms with Crippen molar-refractivity contribution in [2.45, 2.75) is 32.4 Å². The van der Waals surface area contributed by atoms with Crippen molar-refractivity contribution in [1.82, 2.24) is 10.6 Å². The Labute approximate surface area is 84.5 Å². The van der Waals surface area contributed by atoms with Crippen LogP contribution in [0.4, 0.5) is 0 Å². The summed E-state index contributed by atoms with van der Waals surface area (Å²) in [5.74, 6) is -0.232. The van der Waals surface area contributed by atoms with Crippen molar-refractivity contribution in [2.75, 3.05) is 19.8 Å². The number of hydrogen-bond donors (Lipinski definition) is 4. The quantitative estimate of drug-likeness (QED) is 0.440. The Morgan fingerprint density at radius 3 is 2.21 bits per heavy atom. The summed E-state index contributed by atoms with van der Waals surface area (Å²) in [5.41, 5.74) is -0.935. The number of carbonyl (C=O) groups excluding carboxylic acids is 1. The Kier molecular flexibility index (Phi) is 5.68. The van der Waals surface area contributed by atoms with Crippen molar-refractivity contribution in [3.63, 3.8) is 0 Å². The summed E-state index contributed by atoms with van der Waals surface area (Å²) in [5, 5.41) is 23.3. The summed E-state index contributed by atoms with van der Waals surface area (Å²) in [7, 11) is 0. The van der Waals surface area contributed by atoms with Crippen LogP contribution in [-0.4, -0.2) is 47.5 Å². The summed E-state index contributed by atoms with van der Waals surface area (Å²) in [4.78, 5) is 11.3. The summed E-state index contributed by atoms with van der Waals surface area (Å²) in [6.07, 6.45) is 0. The highest BCUT2D eigenvalue weighted by atomic mass is 16.3. The van der Waals surface area contributed by atoms with Gasteiger partial charge in [0.15, 0.2) is 0 Å². The predicted octanol–water partition coefficient (Wildman–Crippen LogP) is -1.16. The largest absolute Gasteiger partial charge is 0.394 e. The van der Waals surface area contributed by atoms with Crippen LogP contribution in [-0.2, 0) is 4.79 Å². The molecule has 0 aliphatic heterocycles. The van der Waals surface area contributed by atoms with Gasteiger partial charge in [0.05, 0.1) is 25.3 Å². The topological polar surface area (TPSA) is 81.6 Å². The molecule has 0 aliphatic carbocycles. The van der Waals surface area contributed by atoms with E-state index in [2.05, 4.69) is 10.6 Å². The molecule has 0 unspecified atom stereocenters. The highest BCUT2D eigenvalue weighted by molar-refractivity contribution is 5.78. The summed E-state index contributed by atoms with van der Waals surface area (Å²) in [6, 6.07) is 0.232. The van der Waals surface area contributed by atoms with Gasteiger partial charge in [-0.25, -0.2) is 0 Å². The van der Waals surface area contributed by atoms with E-state index < -0.39 is 5.54 Å². The van der Waals surface area contributed by atoms with Crippen molar-refractivity contribution in [3.05, 3.63) is 0 Å². The third kappa shape index (κ3) is 5.16. The van der Waals surface area contributed by atoms with Gasteiger partial charge in [-0.2, -0.15) is 0 Å². The minimum Gasteiger partial charge on any atom is -0.394 e. The fourth-order valence-electron chi connectivity index (χ4n) is 0.807. The van der Waals surface area contributed by atoms with Crippen LogP contribution in [0.25, 0.3) is 0 Å². The summed E-state index contributed by atoms with van der Waals surface area (Å²) in [6.45, 7) is 5.08. The van der Waals surface area contributed by atoms with Crippen LogP contribution in [0.5, 0.6) is 0 Å². The zero-order valence-corrected chi connectivity index (χ0v) is 9.00. The van der Waals surface area contributed by atoms with Gasteiger partial charge in [0.1, 0.15) is 0 Å². The third-order valence-corrected chi connectivity index (χ3v) is 1.81. The molecule has 4 N–H and O–H groups in total. The smallest absolute Gasteiger partial charge is 0.234 e. The van der Waals surface area contributed by atoms with Gasteiger partial charge in [0.2, 0.25) is 5.91 Å². The maximum atomic E-state index is 11.3. The van der Waals surface area contributed by atoms with Gasteiger partial charge in [-0.15, -0.1) is 0 Å². The monoisotopic (exact) mass is 204 g/mol. The van der Waals surface area contributed by atoms with Crippen LogP contribution in [0.1, 0.15) is 20.8 Å². The van der Waals surface area contributed by atoms with Gasteiger partial charge in [-0.3, -0.25) is 4.79 Å². The van der Waals surface area contributed by atoms with Crippen molar-refractivity contribution in [3.8, 4) is 0 Å². The Balaban J connectivity index is 3.92. The Hall–Kier alpha value is -0.650. The summed E-state index contributed by atoms with van der Waals surface area (Å²) >= 11 is 0. The molecule has 1 amide bonds. The van der Waals surface area contributed by atoms with Crippen molar-refractivity contribution in [1.29, 1.82) is 0 Å². The van der Waals surface area contributed by atoms with E-state index >= 15 is 0 Å². The maximum Gasteiger partial charge on any atom is 0.234 e. The Morgan fingerprint density at radius 1 is 1.36 bits per heavy atom. The Bertz CT molecular complexity index is 179. The lowest BCUT2D eigenvalue weighted by Gasteiger charge is -2.26. The average molecular weight is 204 g/mol. The van der Waals surface area contributed by atoms with Gasteiger partial charge < -0.3 is 20.8 Å². The van der Waals surface area contributed by atoms with E-state index in [0.29, 0.717) is 0 Å². The molecule has 0 rings (SSSR count). The minimum absolute atomic E-state index is 0.188. The first kappa shape index (κ1) is 13.4. The van der Waals surface area contributed by atoms with Gasteiger partial charge in [0, 0.05) is 6.04 Å². The van der Waals surface area contributed by atoms with Crippen molar-refractivity contribution < 1.29 is 15.0 Å². The van der Waals surface area contributed by atoms with Gasteiger partial charge >= 0.3 is 0 Å². The molecule has 0 aromatic rings. The van der Waals surface area contributed by atoms with Crippen LogP contribution in [0, 0.1) is 0 Å². The molecule has 84 valence electrons. The number of aliphatic hydroxyl groups excluding tert-OH is 2. The molecule has 0 aromatic heterocycles. The zero-order chi connectivity index (χ0) is 11.2. The Morgan fingerprint density at radius 2 is 1.86 bits per heavy atom. The third-order valence-electron chi connectivity index (χ3n) is 1.81. The molecule has 0 saturated heterocycles. The number of aliphatic hydroxyl groups is 2. The minimum atomic E-state index is -0.935. The second-order valence-corrected chi connectivity index (χ2v) is 3.96. The van der Waals surface area contributed by atoms with Gasteiger partial charge in [0.25, 0.3) is 0 Å². The van der Waals surface area contributed by atoms with E-state index in [4.69, 9.17) is 10.2 Å². The van der Waals surface area contributed by atoms with Crippen LogP contribution in [0.15, 0.2) is 0 Å². The second kappa shape index (κ2) is 5.95.